The third-order valence-electron chi connectivity index (χ3n) is 2.62. The van der Waals surface area contributed by atoms with Gasteiger partial charge in [0.25, 0.3) is 5.56 Å². The second-order valence-electron chi connectivity index (χ2n) is 3.92. The number of imidazole rings is 1. The monoisotopic (exact) mass is 222 g/mol. The number of aromatic nitrogens is 4. The van der Waals surface area contributed by atoms with Crippen molar-refractivity contribution in [3.63, 3.8) is 0 Å². The normalized spacial score (nSPS) is 15.2. The fraction of sp³-hybridized carbons (Fsp3) is 0.444. The van der Waals surface area contributed by atoms with Crippen LogP contribution < -0.4 is 17.0 Å². The van der Waals surface area contributed by atoms with E-state index in [9.17, 15) is 4.79 Å². The van der Waals surface area contributed by atoms with E-state index in [1.807, 2.05) is 13.8 Å². The van der Waals surface area contributed by atoms with Gasteiger partial charge in [-0.15, -0.1) is 0 Å². The Kier molecular flexibility index (Phi) is 2.39. The molecule has 0 amide bonds. The second kappa shape index (κ2) is 3.60. The summed E-state index contributed by atoms with van der Waals surface area (Å²) in [7, 11) is 0. The van der Waals surface area contributed by atoms with Gasteiger partial charge in [0.15, 0.2) is 11.2 Å². The molecule has 0 aliphatic rings. The Balaban J connectivity index is 2.60. The molecule has 16 heavy (non-hydrogen) atoms. The van der Waals surface area contributed by atoms with Crippen LogP contribution in [0.3, 0.4) is 0 Å². The predicted molar refractivity (Wildman–Crippen MR) is 61.0 cm³/mol. The standard InChI is InChI=1S/C9H14N6O/c1-3(4(2)10)6-12-5-7(13-6)14-9(11)15-8(5)16/h3-4H,10H2,1-2H3,(H4,11,12,13,14,15,16). The second-order valence-corrected chi connectivity index (χ2v) is 3.92. The zero-order valence-corrected chi connectivity index (χ0v) is 9.11. The number of H-pyrrole nitrogens is 2. The van der Waals surface area contributed by atoms with Crippen molar-refractivity contribution in [3.05, 3.63) is 16.2 Å². The number of hydrogen-bond donors (Lipinski definition) is 4. The molecule has 0 aliphatic heterocycles. The largest absolute Gasteiger partial charge is 0.369 e. The molecular formula is C9H14N6O. The van der Waals surface area contributed by atoms with Crippen LogP contribution in [0.4, 0.5) is 5.95 Å². The number of fused-ring (bicyclic) bond motifs is 1. The molecule has 0 bridgehead atoms. The van der Waals surface area contributed by atoms with Crippen LogP contribution in [-0.4, -0.2) is 26.0 Å². The fourth-order valence-electron chi connectivity index (χ4n) is 1.41. The molecule has 2 unspecified atom stereocenters. The van der Waals surface area contributed by atoms with Gasteiger partial charge in [0.05, 0.1) is 0 Å². The number of nitrogens with two attached hydrogens (primary N) is 2. The summed E-state index contributed by atoms with van der Waals surface area (Å²) in [5.74, 6) is 0.729. The van der Waals surface area contributed by atoms with Crippen LogP contribution in [0.5, 0.6) is 0 Å². The maximum atomic E-state index is 11.5. The van der Waals surface area contributed by atoms with Gasteiger partial charge in [-0.1, -0.05) is 6.92 Å². The number of aromatic amines is 2. The van der Waals surface area contributed by atoms with E-state index >= 15 is 0 Å². The number of rotatable bonds is 2. The zero-order chi connectivity index (χ0) is 11.9. The van der Waals surface area contributed by atoms with E-state index < -0.39 is 0 Å². The summed E-state index contributed by atoms with van der Waals surface area (Å²) in [6.45, 7) is 3.81. The molecule has 2 atom stereocenters. The van der Waals surface area contributed by atoms with Crippen molar-refractivity contribution in [3.8, 4) is 0 Å². The van der Waals surface area contributed by atoms with Gasteiger partial charge >= 0.3 is 0 Å². The fourth-order valence-corrected chi connectivity index (χ4v) is 1.41. The van der Waals surface area contributed by atoms with E-state index in [0.717, 1.165) is 0 Å². The average Bonchev–Trinajstić information content (AvgIpc) is 2.60. The van der Waals surface area contributed by atoms with Crippen LogP contribution in [0.25, 0.3) is 11.2 Å². The van der Waals surface area contributed by atoms with Gasteiger partial charge in [-0.2, -0.15) is 4.98 Å². The van der Waals surface area contributed by atoms with Crippen molar-refractivity contribution in [2.45, 2.75) is 25.8 Å². The molecule has 86 valence electrons. The van der Waals surface area contributed by atoms with E-state index in [2.05, 4.69) is 19.9 Å². The predicted octanol–water partition coefficient (Wildman–Crippen LogP) is -0.321. The minimum Gasteiger partial charge on any atom is -0.369 e. The number of hydrogen-bond acceptors (Lipinski definition) is 5. The third kappa shape index (κ3) is 1.65. The molecular weight excluding hydrogens is 208 g/mol. The van der Waals surface area contributed by atoms with Crippen molar-refractivity contribution < 1.29 is 0 Å². The maximum absolute atomic E-state index is 11.5. The Labute approximate surface area is 91.3 Å². The zero-order valence-electron chi connectivity index (χ0n) is 9.11. The lowest BCUT2D eigenvalue weighted by molar-refractivity contribution is 0.588. The lowest BCUT2D eigenvalue weighted by Crippen LogP contribution is -2.23. The first-order valence-electron chi connectivity index (χ1n) is 5.00. The number of nitrogens with zero attached hydrogens (tertiary/aromatic N) is 2. The SMILES string of the molecule is CC(N)C(C)c1nc2nc(N)[nH]c(=O)c2[nH]1. The van der Waals surface area contributed by atoms with Crippen molar-refractivity contribution in [1.29, 1.82) is 0 Å². The van der Waals surface area contributed by atoms with Gasteiger partial charge in [0, 0.05) is 12.0 Å². The molecule has 7 nitrogen and oxygen atoms in total. The molecule has 6 N–H and O–H groups in total. The minimum atomic E-state index is -0.321. The smallest absolute Gasteiger partial charge is 0.278 e. The molecule has 0 aromatic carbocycles. The maximum Gasteiger partial charge on any atom is 0.278 e. The highest BCUT2D eigenvalue weighted by Crippen LogP contribution is 2.16. The van der Waals surface area contributed by atoms with Crippen molar-refractivity contribution >= 4 is 17.1 Å². The molecule has 0 saturated heterocycles. The lowest BCUT2D eigenvalue weighted by Gasteiger charge is -2.11. The topological polar surface area (TPSA) is 126 Å². The number of anilines is 1. The van der Waals surface area contributed by atoms with Crippen LogP contribution in [0, 0.1) is 0 Å². The van der Waals surface area contributed by atoms with Gasteiger partial charge < -0.3 is 16.5 Å². The summed E-state index contributed by atoms with van der Waals surface area (Å²) >= 11 is 0. The van der Waals surface area contributed by atoms with E-state index in [0.29, 0.717) is 17.0 Å². The highest BCUT2D eigenvalue weighted by molar-refractivity contribution is 5.70. The van der Waals surface area contributed by atoms with Crippen LogP contribution in [-0.2, 0) is 0 Å². The Morgan fingerprint density at radius 3 is 2.56 bits per heavy atom. The van der Waals surface area contributed by atoms with E-state index in [1.54, 1.807) is 0 Å². The third-order valence-corrected chi connectivity index (χ3v) is 2.62. The van der Waals surface area contributed by atoms with Crippen LogP contribution in [0.1, 0.15) is 25.6 Å². The van der Waals surface area contributed by atoms with Gasteiger partial charge in [-0.05, 0) is 6.92 Å². The number of nitrogens with one attached hydrogen (secondary N) is 2. The Hall–Kier alpha value is -1.89. The van der Waals surface area contributed by atoms with Crippen LogP contribution >= 0.6 is 0 Å². The molecule has 0 saturated carbocycles. The summed E-state index contributed by atoms with van der Waals surface area (Å²) in [4.78, 5) is 25.0. The summed E-state index contributed by atoms with van der Waals surface area (Å²) in [6.07, 6.45) is 0. The lowest BCUT2D eigenvalue weighted by atomic mass is 10.0. The van der Waals surface area contributed by atoms with Crippen LogP contribution in [0.2, 0.25) is 0 Å². The van der Waals surface area contributed by atoms with Crippen molar-refractivity contribution in [2.24, 2.45) is 5.73 Å². The van der Waals surface area contributed by atoms with E-state index in [4.69, 9.17) is 11.5 Å². The Morgan fingerprint density at radius 2 is 1.94 bits per heavy atom. The molecule has 0 aliphatic carbocycles. The van der Waals surface area contributed by atoms with Crippen molar-refractivity contribution in [2.75, 3.05) is 5.73 Å². The van der Waals surface area contributed by atoms with Gasteiger partial charge in [0.1, 0.15) is 5.82 Å². The highest BCUT2D eigenvalue weighted by atomic mass is 16.1. The molecule has 0 fully saturated rings. The van der Waals surface area contributed by atoms with Crippen LogP contribution in [0.15, 0.2) is 4.79 Å². The first-order chi connectivity index (χ1) is 7.49. The molecule has 0 spiro atoms. The summed E-state index contributed by atoms with van der Waals surface area (Å²) in [5, 5.41) is 0. The minimum absolute atomic E-state index is 0.0230. The first-order valence-corrected chi connectivity index (χ1v) is 5.00. The van der Waals surface area contributed by atoms with Crippen molar-refractivity contribution in [1.82, 2.24) is 19.9 Å². The number of nitrogen functional groups attached to an aromatic ring is 1. The summed E-state index contributed by atoms with van der Waals surface area (Å²) < 4.78 is 0. The van der Waals surface area contributed by atoms with E-state index in [1.165, 1.54) is 0 Å². The summed E-state index contributed by atoms with van der Waals surface area (Å²) in [6, 6.07) is -0.0583. The summed E-state index contributed by atoms with van der Waals surface area (Å²) in [5.41, 5.74) is 11.5. The molecule has 7 heteroatoms. The van der Waals surface area contributed by atoms with Gasteiger partial charge in [0.2, 0.25) is 5.95 Å². The molecule has 2 rings (SSSR count). The first kappa shape index (κ1) is 10.6. The highest BCUT2D eigenvalue weighted by Gasteiger charge is 2.16. The Bertz CT molecular complexity index is 569. The molecule has 2 aromatic heterocycles. The molecule has 0 radical (unpaired) electrons. The average molecular weight is 222 g/mol. The molecule has 2 aromatic rings. The quantitative estimate of drug-likeness (QED) is 0.553. The van der Waals surface area contributed by atoms with E-state index in [-0.39, 0.29) is 23.5 Å². The Morgan fingerprint density at radius 1 is 1.25 bits per heavy atom. The van der Waals surface area contributed by atoms with Gasteiger partial charge in [-0.25, -0.2) is 4.98 Å². The molecule has 2 heterocycles. The van der Waals surface area contributed by atoms with Gasteiger partial charge in [-0.3, -0.25) is 9.78 Å².